The minimum Gasteiger partial charge on any atom is -0.509 e. The Morgan fingerprint density at radius 3 is 2.62 bits per heavy atom. The Labute approximate surface area is 384 Å². The second-order valence-corrected chi connectivity index (χ2v) is 23.3. The topological polar surface area (TPSA) is 105 Å². The van der Waals surface area contributed by atoms with Gasteiger partial charge in [0, 0.05) is 61.2 Å². The highest BCUT2D eigenvalue weighted by Crippen LogP contribution is 2.87. The molecule has 12 atom stereocenters. The van der Waals surface area contributed by atoms with E-state index in [0.717, 1.165) is 87.7 Å². The van der Waals surface area contributed by atoms with Gasteiger partial charge in [-0.3, -0.25) is 9.69 Å². The molecular weight excluding hydrogens is 807 g/mol. The van der Waals surface area contributed by atoms with Gasteiger partial charge in [0.05, 0.1) is 11.0 Å². The molecule has 2 aromatic rings. The lowest BCUT2D eigenvalue weighted by molar-refractivity contribution is -0.276. The van der Waals surface area contributed by atoms with Crippen molar-refractivity contribution in [3.8, 4) is 0 Å². The summed E-state index contributed by atoms with van der Waals surface area (Å²) < 4.78 is 14.3. The van der Waals surface area contributed by atoms with Crippen LogP contribution in [0.3, 0.4) is 0 Å². The number of aliphatic hydroxyl groups excluding tert-OH is 1. The summed E-state index contributed by atoms with van der Waals surface area (Å²) in [6, 6.07) is 16.4. The molecule has 12 unspecified atom stereocenters. The van der Waals surface area contributed by atoms with Gasteiger partial charge in [-0.2, -0.15) is 0 Å². The third-order valence-corrected chi connectivity index (χ3v) is 20.5. The Balaban J connectivity index is 1.08. The Kier molecular flexibility index (Phi) is 8.73. The zero-order valence-electron chi connectivity index (χ0n) is 38.4. The van der Waals surface area contributed by atoms with Crippen molar-refractivity contribution < 1.29 is 24.2 Å². The number of allylic oxidation sites excluding steroid dienone is 4. The normalized spacial score (nSPS) is 40.9. The Hall–Kier alpha value is -4.14. The van der Waals surface area contributed by atoms with E-state index in [9.17, 15) is 9.90 Å². The predicted octanol–water partition coefficient (Wildman–Crippen LogP) is 9.78. The predicted molar refractivity (Wildman–Crippen MR) is 248 cm³/mol. The highest BCUT2D eigenvalue weighted by atomic mass is 16.6. The van der Waals surface area contributed by atoms with E-state index in [1.807, 2.05) is 0 Å². The second kappa shape index (κ2) is 14.2. The monoisotopic (exact) mass is 874 g/mol. The van der Waals surface area contributed by atoms with Crippen molar-refractivity contribution >= 4 is 11.9 Å². The number of aliphatic hydroxyl groups is 1. The van der Waals surface area contributed by atoms with Gasteiger partial charge in [0.1, 0.15) is 11.2 Å². The van der Waals surface area contributed by atoms with Crippen molar-refractivity contribution in [2.75, 3.05) is 26.2 Å². The van der Waals surface area contributed by atoms with Gasteiger partial charge in [-0.1, -0.05) is 91.4 Å². The maximum atomic E-state index is 16.2. The number of aryl methyl sites for hydroxylation is 2. The van der Waals surface area contributed by atoms with Crippen LogP contribution < -0.4 is 5.73 Å². The van der Waals surface area contributed by atoms with Gasteiger partial charge in [-0.05, 0) is 148 Å². The first-order valence-electron chi connectivity index (χ1n) is 26.2. The average Bonchev–Trinajstić information content (AvgIpc) is 4.01. The fourth-order valence-electron chi connectivity index (χ4n) is 18.5. The lowest BCUT2D eigenvalue weighted by atomic mass is 9.29. The molecule has 8 heteroatoms. The van der Waals surface area contributed by atoms with E-state index in [4.69, 9.17) is 15.2 Å². The van der Waals surface area contributed by atoms with Crippen LogP contribution in [0.25, 0.3) is 0 Å². The molecular formula is C57H67N3O5. The number of piperidine rings is 2. The number of hydrogen-bond donors (Lipinski definition) is 2. The molecule has 0 radical (unpaired) electrons. The minimum absolute atomic E-state index is 0.171. The number of ether oxygens (including phenoxy) is 2. The Morgan fingerprint density at radius 2 is 1.74 bits per heavy atom. The second-order valence-electron chi connectivity index (χ2n) is 23.3. The third kappa shape index (κ3) is 5.02. The minimum atomic E-state index is -1.16. The third-order valence-electron chi connectivity index (χ3n) is 20.5. The molecule has 0 aromatic heterocycles. The summed E-state index contributed by atoms with van der Waals surface area (Å²) >= 11 is 0. The highest BCUT2D eigenvalue weighted by molar-refractivity contribution is 6.00. The zero-order chi connectivity index (χ0) is 43.6. The van der Waals surface area contributed by atoms with Crippen LogP contribution in [0.1, 0.15) is 136 Å². The molecule has 2 saturated carbocycles. The van der Waals surface area contributed by atoms with Gasteiger partial charge in [-0.25, -0.2) is 4.79 Å². The molecule has 9 heterocycles. The highest BCUT2D eigenvalue weighted by Gasteiger charge is 2.93. The number of benzene rings is 2. The first-order valence-corrected chi connectivity index (χ1v) is 26.2. The van der Waals surface area contributed by atoms with E-state index in [2.05, 4.69) is 65.3 Å². The molecule has 0 amide bonds. The average molecular weight is 874 g/mol. The number of esters is 2. The smallest absolute Gasteiger partial charge is 0.339 e. The van der Waals surface area contributed by atoms with Gasteiger partial charge in [0.15, 0.2) is 11.4 Å². The van der Waals surface area contributed by atoms with Gasteiger partial charge < -0.3 is 25.2 Å². The number of carbonyl (C=O) groups is 2. The summed E-state index contributed by atoms with van der Waals surface area (Å²) in [5, 5.41) is 13.3. The summed E-state index contributed by atoms with van der Waals surface area (Å²) in [6.45, 7) is 6.31. The van der Waals surface area contributed by atoms with Crippen LogP contribution in [-0.4, -0.2) is 65.1 Å². The van der Waals surface area contributed by atoms with Gasteiger partial charge in [0.2, 0.25) is 0 Å². The Bertz CT molecular complexity index is 2560. The van der Waals surface area contributed by atoms with E-state index in [1.54, 1.807) is 11.3 Å². The molecule has 9 aliphatic heterocycles. The number of rotatable bonds is 4. The van der Waals surface area contributed by atoms with Gasteiger partial charge >= 0.3 is 11.9 Å². The molecule has 3 saturated heterocycles. The van der Waals surface area contributed by atoms with Crippen LogP contribution in [0.15, 0.2) is 88.0 Å². The summed E-state index contributed by atoms with van der Waals surface area (Å²) in [7, 11) is 0. The van der Waals surface area contributed by atoms with Crippen LogP contribution in [-0.2, 0) is 39.1 Å². The molecule has 3 N–H and O–H groups in total. The molecule has 3 spiro atoms. The number of fused-ring (bicyclic) bond motifs is 6. The van der Waals surface area contributed by atoms with Crippen LogP contribution in [0.2, 0.25) is 0 Å². The fourth-order valence-corrected chi connectivity index (χ4v) is 18.5. The van der Waals surface area contributed by atoms with Crippen molar-refractivity contribution in [3.05, 3.63) is 116 Å². The number of nitrogens with two attached hydrogens (primary N) is 1. The van der Waals surface area contributed by atoms with E-state index in [0.29, 0.717) is 72.8 Å². The summed E-state index contributed by atoms with van der Waals surface area (Å²) in [5.74, 6) is 2.49. The number of hydrogen-bond acceptors (Lipinski definition) is 8. The van der Waals surface area contributed by atoms with Crippen molar-refractivity contribution in [1.82, 2.24) is 9.80 Å². The van der Waals surface area contributed by atoms with Gasteiger partial charge in [-0.15, -0.1) is 0 Å². The first-order chi connectivity index (χ1) is 31.8. The molecule has 6 aliphatic carbocycles. The van der Waals surface area contributed by atoms with Crippen LogP contribution >= 0.6 is 0 Å². The molecule has 15 bridgehead atoms. The van der Waals surface area contributed by atoms with Crippen LogP contribution in [0, 0.1) is 52.3 Å². The molecule has 2 aromatic carbocycles. The molecule has 8 nitrogen and oxygen atoms in total. The summed E-state index contributed by atoms with van der Waals surface area (Å²) in [5.41, 5.74) is 15.4. The van der Waals surface area contributed by atoms with Gasteiger partial charge in [0.25, 0.3) is 0 Å². The SMILES string of the molecule is CC1CC2=C3C4C5=C6C=C(Cc7cccc(c7)CCCCC7C68C(=O)OC(=C(O)CC(C6CCCC6)N6CC9CC(C6)C(CC2)N3C9)C8(CC5)C72OC(=O)c3c(CCCN)cccc32)C14. The van der Waals surface area contributed by atoms with E-state index >= 15 is 4.79 Å². The molecule has 5 fully saturated rings. The van der Waals surface area contributed by atoms with Crippen molar-refractivity contribution in [2.24, 2.45) is 58.0 Å². The summed E-state index contributed by atoms with van der Waals surface area (Å²) in [4.78, 5) is 37.0. The van der Waals surface area contributed by atoms with Crippen LogP contribution in [0.5, 0.6) is 0 Å². The lowest BCUT2D eigenvalue weighted by Crippen LogP contribution is -2.77. The van der Waals surface area contributed by atoms with E-state index in [1.165, 1.54) is 67.2 Å². The number of carbonyl (C=O) groups excluding carboxylic acids is 2. The molecule has 340 valence electrons. The van der Waals surface area contributed by atoms with E-state index < -0.39 is 16.4 Å². The standard InChI is InChI=1S/C57H67N3O5/c1-32-23-38-18-19-44-40-26-35-29-59(31-40)45(36-12-3-4-13-36)28-46(61)52-55-21-20-41-43-27-39(48(32)50(41)51(38)60(44)30-35)25-34-11-6-10-33(24-34)9-2-5-17-47(56(43,55)54(63)64-52)57(55)42-16-7-14-37(15-8-22-58)49(42)53(62)65-57/h6-7,10-11,14,16,24,27,32,35-36,40,44-45,47-48,50,61H,2-5,8-9,12-13,15,17-23,25-26,28-31,58H2,1H3. The zero-order valence-corrected chi connectivity index (χ0v) is 38.4. The molecule has 17 rings (SSSR count). The van der Waals surface area contributed by atoms with E-state index in [-0.39, 0.29) is 35.6 Å². The maximum Gasteiger partial charge on any atom is 0.339 e. The first kappa shape index (κ1) is 40.0. The summed E-state index contributed by atoms with van der Waals surface area (Å²) in [6.07, 6.45) is 19.9. The van der Waals surface area contributed by atoms with Crippen molar-refractivity contribution in [2.45, 2.75) is 140 Å². The molecule has 65 heavy (non-hydrogen) atoms. The largest absolute Gasteiger partial charge is 0.509 e. The van der Waals surface area contributed by atoms with Crippen LogP contribution in [0.4, 0.5) is 0 Å². The van der Waals surface area contributed by atoms with Crippen molar-refractivity contribution in [1.29, 1.82) is 0 Å². The fraction of sp³-hybridized carbons (Fsp3) is 0.614. The van der Waals surface area contributed by atoms with Crippen molar-refractivity contribution in [3.63, 3.8) is 0 Å². The maximum absolute atomic E-state index is 16.2. The number of nitrogens with zero attached hydrogens (tertiary/aromatic N) is 2. The lowest BCUT2D eigenvalue weighted by Gasteiger charge is -2.71. The molecule has 15 aliphatic rings. The quantitative estimate of drug-likeness (QED) is 0.293. The Morgan fingerprint density at radius 1 is 0.892 bits per heavy atom.